The fourth-order valence-electron chi connectivity index (χ4n) is 1.88. The molecule has 0 unspecified atom stereocenters. The predicted molar refractivity (Wildman–Crippen MR) is 71.3 cm³/mol. The molecule has 0 aliphatic carbocycles. The number of Topliss-reactive ketones (excluding diaryl/α,β-unsaturated/α-hetero) is 1. The summed E-state index contributed by atoms with van der Waals surface area (Å²) in [6.45, 7) is 0. The molecule has 2 rings (SSSR count). The number of imidazole rings is 1. The lowest BCUT2D eigenvalue weighted by Gasteiger charge is -2.02. The fraction of sp³-hybridized carbons (Fsp3) is 0.286. The van der Waals surface area contributed by atoms with E-state index < -0.39 is 0 Å². The molecule has 0 radical (unpaired) electrons. The Bertz CT molecular complexity index is 528. The highest BCUT2D eigenvalue weighted by molar-refractivity contribution is 5.92. The normalized spacial score (nSPS) is 10.5. The average molecular weight is 243 g/mol. The zero-order chi connectivity index (χ0) is 13.0. The van der Waals surface area contributed by atoms with E-state index in [2.05, 4.69) is 4.98 Å². The number of rotatable bonds is 5. The highest BCUT2D eigenvalue weighted by Gasteiger charge is 2.10. The van der Waals surface area contributed by atoms with Gasteiger partial charge in [-0.15, -0.1) is 0 Å². The Morgan fingerprint density at radius 2 is 2.06 bits per heavy atom. The number of aryl methyl sites for hydroxylation is 2. The van der Waals surface area contributed by atoms with Crippen molar-refractivity contribution in [2.75, 3.05) is 5.73 Å². The molecular weight excluding hydrogens is 226 g/mol. The second-order valence-corrected chi connectivity index (χ2v) is 4.38. The summed E-state index contributed by atoms with van der Waals surface area (Å²) in [4.78, 5) is 15.9. The molecule has 0 saturated heterocycles. The summed E-state index contributed by atoms with van der Waals surface area (Å²) in [6.07, 6.45) is 5.67. The molecule has 1 aromatic carbocycles. The summed E-state index contributed by atoms with van der Waals surface area (Å²) in [7, 11) is 1.83. The van der Waals surface area contributed by atoms with Crippen molar-refractivity contribution in [3.8, 4) is 0 Å². The lowest BCUT2D eigenvalue weighted by Crippen LogP contribution is -2.07. The molecule has 2 N–H and O–H groups in total. The largest absolute Gasteiger partial charge is 0.399 e. The van der Waals surface area contributed by atoms with Crippen LogP contribution >= 0.6 is 0 Å². The number of anilines is 1. The summed E-state index contributed by atoms with van der Waals surface area (Å²) in [5, 5.41) is 0. The first-order valence-corrected chi connectivity index (χ1v) is 6.02. The van der Waals surface area contributed by atoms with Crippen molar-refractivity contribution in [3.63, 3.8) is 0 Å². The Morgan fingerprint density at radius 1 is 1.33 bits per heavy atom. The first-order valence-electron chi connectivity index (χ1n) is 6.02. The number of benzene rings is 1. The van der Waals surface area contributed by atoms with Crippen molar-refractivity contribution >= 4 is 11.5 Å². The first kappa shape index (κ1) is 12.4. The molecule has 0 atom stereocenters. The molecule has 1 aromatic heterocycles. The third-order valence-corrected chi connectivity index (χ3v) is 2.92. The maximum absolute atomic E-state index is 11.9. The maximum atomic E-state index is 11.9. The minimum Gasteiger partial charge on any atom is -0.399 e. The van der Waals surface area contributed by atoms with E-state index in [1.807, 2.05) is 31.3 Å². The molecule has 0 aliphatic heterocycles. The molecule has 2 aromatic rings. The SMILES string of the molecule is Cn1ccnc1C(=O)CCCc1ccc(N)cc1. The summed E-state index contributed by atoms with van der Waals surface area (Å²) < 4.78 is 1.76. The van der Waals surface area contributed by atoms with Crippen molar-refractivity contribution in [2.45, 2.75) is 19.3 Å². The molecule has 0 saturated carbocycles. The van der Waals surface area contributed by atoms with Crippen molar-refractivity contribution in [3.05, 3.63) is 48.0 Å². The van der Waals surface area contributed by atoms with E-state index in [1.54, 1.807) is 17.0 Å². The maximum Gasteiger partial charge on any atom is 0.198 e. The van der Waals surface area contributed by atoms with Gasteiger partial charge in [0.2, 0.25) is 0 Å². The predicted octanol–water partition coefficient (Wildman–Crippen LogP) is 2.21. The van der Waals surface area contributed by atoms with E-state index in [4.69, 9.17) is 5.73 Å². The number of nitrogen functional groups attached to an aromatic ring is 1. The lowest BCUT2D eigenvalue weighted by atomic mass is 10.1. The van der Waals surface area contributed by atoms with Gasteiger partial charge >= 0.3 is 0 Å². The number of nitrogens with zero attached hydrogens (tertiary/aromatic N) is 2. The third-order valence-electron chi connectivity index (χ3n) is 2.92. The minimum atomic E-state index is 0.0953. The standard InChI is InChI=1S/C14H17N3O/c1-17-10-9-16-14(17)13(18)4-2-3-11-5-7-12(15)8-6-11/h5-10H,2-4,15H2,1H3. The average Bonchev–Trinajstić information content (AvgIpc) is 2.78. The number of hydrogen-bond donors (Lipinski definition) is 1. The van der Waals surface area contributed by atoms with Crippen LogP contribution in [0.3, 0.4) is 0 Å². The second kappa shape index (κ2) is 5.49. The molecule has 94 valence electrons. The van der Waals surface area contributed by atoms with Crippen LogP contribution in [0.2, 0.25) is 0 Å². The van der Waals surface area contributed by atoms with Crippen molar-refractivity contribution < 1.29 is 4.79 Å². The molecule has 0 spiro atoms. The monoisotopic (exact) mass is 243 g/mol. The van der Waals surface area contributed by atoms with Gasteiger partial charge in [-0.1, -0.05) is 12.1 Å². The van der Waals surface area contributed by atoms with E-state index in [-0.39, 0.29) is 5.78 Å². The summed E-state index contributed by atoms with van der Waals surface area (Å²) in [5.41, 5.74) is 7.59. The third kappa shape index (κ3) is 2.97. The van der Waals surface area contributed by atoms with Crippen LogP contribution in [0.25, 0.3) is 0 Å². The van der Waals surface area contributed by atoms with Crippen LogP contribution in [0.4, 0.5) is 5.69 Å². The fourth-order valence-corrected chi connectivity index (χ4v) is 1.88. The second-order valence-electron chi connectivity index (χ2n) is 4.38. The molecule has 1 heterocycles. The van der Waals surface area contributed by atoms with Gasteiger partial charge in [0.15, 0.2) is 11.6 Å². The van der Waals surface area contributed by atoms with Crippen LogP contribution in [-0.2, 0) is 13.5 Å². The van der Waals surface area contributed by atoms with Crippen molar-refractivity contribution in [1.29, 1.82) is 0 Å². The van der Waals surface area contributed by atoms with Crippen LogP contribution in [0.1, 0.15) is 29.0 Å². The van der Waals surface area contributed by atoms with E-state index in [0.29, 0.717) is 12.2 Å². The first-order chi connectivity index (χ1) is 8.66. The van der Waals surface area contributed by atoms with Gasteiger partial charge in [0.25, 0.3) is 0 Å². The van der Waals surface area contributed by atoms with Crippen LogP contribution in [0.15, 0.2) is 36.7 Å². The molecule has 0 amide bonds. The van der Waals surface area contributed by atoms with Crippen LogP contribution in [0.5, 0.6) is 0 Å². The number of aromatic nitrogens is 2. The summed E-state index contributed by atoms with van der Waals surface area (Å²) >= 11 is 0. The van der Waals surface area contributed by atoms with Gasteiger partial charge in [-0.2, -0.15) is 0 Å². The van der Waals surface area contributed by atoms with E-state index in [1.165, 1.54) is 5.56 Å². The van der Waals surface area contributed by atoms with E-state index in [0.717, 1.165) is 18.5 Å². The lowest BCUT2D eigenvalue weighted by molar-refractivity contribution is 0.0967. The van der Waals surface area contributed by atoms with Crippen molar-refractivity contribution in [1.82, 2.24) is 9.55 Å². The van der Waals surface area contributed by atoms with Gasteiger partial charge < -0.3 is 10.3 Å². The highest BCUT2D eigenvalue weighted by Crippen LogP contribution is 2.10. The Labute approximate surface area is 106 Å². The number of hydrogen-bond acceptors (Lipinski definition) is 3. The number of carbonyl (C=O) groups excluding carboxylic acids is 1. The number of ketones is 1. The van der Waals surface area contributed by atoms with Crippen LogP contribution < -0.4 is 5.73 Å². The Hall–Kier alpha value is -2.10. The smallest absolute Gasteiger partial charge is 0.198 e. The quantitative estimate of drug-likeness (QED) is 0.647. The molecule has 4 nitrogen and oxygen atoms in total. The Balaban J connectivity index is 1.84. The van der Waals surface area contributed by atoms with Gasteiger partial charge in [0.05, 0.1) is 0 Å². The summed E-state index contributed by atoms with van der Waals surface area (Å²) in [5.74, 6) is 0.630. The van der Waals surface area contributed by atoms with Gasteiger partial charge in [-0.3, -0.25) is 4.79 Å². The van der Waals surface area contributed by atoms with Crippen LogP contribution in [-0.4, -0.2) is 15.3 Å². The number of nitrogens with two attached hydrogens (primary N) is 1. The molecule has 0 fully saturated rings. The molecular formula is C14H17N3O. The van der Waals surface area contributed by atoms with Gasteiger partial charge in [0.1, 0.15) is 0 Å². The Morgan fingerprint density at radius 3 is 2.67 bits per heavy atom. The van der Waals surface area contributed by atoms with Gasteiger partial charge in [-0.25, -0.2) is 4.98 Å². The van der Waals surface area contributed by atoms with Gasteiger partial charge in [-0.05, 0) is 30.5 Å². The zero-order valence-corrected chi connectivity index (χ0v) is 10.5. The molecule has 18 heavy (non-hydrogen) atoms. The van der Waals surface area contributed by atoms with E-state index in [9.17, 15) is 4.79 Å². The number of carbonyl (C=O) groups is 1. The molecule has 0 bridgehead atoms. The Kier molecular flexibility index (Phi) is 3.77. The van der Waals surface area contributed by atoms with E-state index >= 15 is 0 Å². The van der Waals surface area contributed by atoms with Crippen LogP contribution in [0, 0.1) is 0 Å². The van der Waals surface area contributed by atoms with Crippen molar-refractivity contribution in [2.24, 2.45) is 7.05 Å². The zero-order valence-electron chi connectivity index (χ0n) is 10.5. The minimum absolute atomic E-state index is 0.0953. The molecule has 0 aliphatic rings. The highest BCUT2D eigenvalue weighted by atomic mass is 16.1. The topological polar surface area (TPSA) is 60.9 Å². The summed E-state index contributed by atoms with van der Waals surface area (Å²) in [6, 6.07) is 7.77. The van der Waals surface area contributed by atoms with Gasteiger partial charge in [0, 0.05) is 31.5 Å². The molecule has 4 heteroatoms.